The number of halogens is 2. The fourth-order valence-corrected chi connectivity index (χ4v) is 6.62. The van der Waals surface area contributed by atoms with Crippen molar-refractivity contribution in [2.45, 2.75) is 116 Å². The molecule has 40 heavy (non-hydrogen) atoms. The standard InChI is InChI=1S/C29H43F2N3O6/c1-15(35)23(36)19(13-16-7-8-16)32-24(37)22-20-18(28(20,5)6)14-34(22)25(38)21(33-26(39)40-27(2,3)4)17-9-11-29(30,31)12-10-17/h16-22H,7-14H2,1-6H3,(H,32,37)(H,33,39)/t18-,19-,20-,21-,22-/m0/s1. The Hall–Kier alpha value is -2.59. The normalized spacial score (nSPS) is 28.6. The second-order valence-electron chi connectivity index (χ2n) is 13.9. The maximum absolute atomic E-state index is 14.1. The van der Waals surface area contributed by atoms with Gasteiger partial charge in [0.2, 0.25) is 23.5 Å². The number of fused-ring (bicyclic) bond motifs is 1. The molecule has 0 bridgehead atoms. The van der Waals surface area contributed by atoms with Gasteiger partial charge in [-0.15, -0.1) is 0 Å². The number of carbonyl (C=O) groups is 5. The molecule has 0 radical (unpaired) electrons. The molecule has 0 aromatic heterocycles. The minimum atomic E-state index is -2.82. The van der Waals surface area contributed by atoms with E-state index in [4.69, 9.17) is 4.74 Å². The van der Waals surface area contributed by atoms with E-state index in [-0.39, 0.29) is 42.6 Å². The van der Waals surface area contributed by atoms with E-state index >= 15 is 0 Å². The zero-order valence-corrected chi connectivity index (χ0v) is 24.4. The Morgan fingerprint density at radius 2 is 1.60 bits per heavy atom. The Balaban J connectivity index is 1.57. The molecule has 3 saturated carbocycles. The quantitative estimate of drug-likeness (QED) is 0.411. The lowest BCUT2D eigenvalue weighted by atomic mass is 9.81. The minimum Gasteiger partial charge on any atom is -0.444 e. The predicted molar refractivity (Wildman–Crippen MR) is 141 cm³/mol. The van der Waals surface area contributed by atoms with Gasteiger partial charge >= 0.3 is 6.09 Å². The number of ether oxygens (including phenoxy) is 1. The maximum atomic E-state index is 14.1. The highest BCUT2D eigenvalue weighted by Crippen LogP contribution is 2.65. The van der Waals surface area contributed by atoms with Gasteiger partial charge in [0.05, 0.1) is 6.04 Å². The molecular weight excluding hydrogens is 524 g/mol. The zero-order valence-electron chi connectivity index (χ0n) is 24.4. The Morgan fingerprint density at radius 3 is 2.12 bits per heavy atom. The van der Waals surface area contributed by atoms with Crippen LogP contribution < -0.4 is 10.6 Å². The number of Topliss-reactive ketones (excluding diaryl/α,β-unsaturated/α-hetero) is 2. The smallest absolute Gasteiger partial charge is 0.408 e. The molecule has 0 unspecified atom stereocenters. The summed E-state index contributed by atoms with van der Waals surface area (Å²) in [6.07, 6.45) is 0.707. The number of ketones is 2. The number of alkyl carbamates (subject to hydrolysis) is 1. The number of nitrogens with zero attached hydrogens (tertiary/aromatic N) is 1. The van der Waals surface area contributed by atoms with Gasteiger partial charge in [0.25, 0.3) is 0 Å². The fourth-order valence-electron chi connectivity index (χ4n) is 6.62. The molecule has 4 rings (SSSR count). The van der Waals surface area contributed by atoms with Crippen LogP contribution in [0.5, 0.6) is 0 Å². The second-order valence-corrected chi connectivity index (χ2v) is 13.9. The van der Waals surface area contributed by atoms with E-state index in [9.17, 15) is 32.8 Å². The van der Waals surface area contributed by atoms with Crippen molar-refractivity contribution < 1.29 is 37.5 Å². The van der Waals surface area contributed by atoms with E-state index in [1.54, 1.807) is 20.8 Å². The number of nitrogens with one attached hydrogen (secondary N) is 2. The highest BCUT2D eigenvalue weighted by molar-refractivity contribution is 6.38. The molecule has 11 heteroatoms. The van der Waals surface area contributed by atoms with Crippen LogP contribution in [0.15, 0.2) is 0 Å². The predicted octanol–water partition coefficient (Wildman–Crippen LogP) is 3.63. The van der Waals surface area contributed by atoms with Crippen LogP contribution in [0.25, 0.3) is 0 Å². The molecule has 3 aliphatic carbocycles. The SMILES string of the molecule is CC(=O)C(=O)[C@H](CC1CC1)NC(=O)[C@@H]1[C@@H]2[C@H](CN1C(=O)[C@@H](NC(=O)OC(C)(C)C)C1CCC(F)(F)CC1)C2(C)C. The van der Waals surface area contributed by atoms with Crippen molar-refractivity contribution in [1.82, 2.24) is 15.5 Å². The van der Waals surface area contributed by atoms with Crippen molar-refractivity contribution in [2.24, 2.45) is 29.1 Å². The van der Waals surface area contributed by atoms with E-state index in [2.05, 4.69) is 10.6 Å². The van der Waals surface area contributed by atoms with Crippen molar-refractivity contribution in [3.05, 3.63) is 0 Å². The summed E-state index contributed by atoms with van der Waals surface area (Å²) in [6, 6.07) is -2.99. The monoisotopic (exact) mass is 567 g/mol. The van der Waals surface area contributed by atoms with Crippen LogP contribution in [0.3, 0.4) is 0 Å². The summed E-state index contributed by atoms with van der Waals surface area (Å²) in [7, 11) is 0. The summed E-state index contributed by atoms with van der Waals surface area (Å²) in [5, 5.41) is 5.42. The first-order valence-corrected chi connectivity index (χ1v) is 14.4. The molecule has 4 fully saturated rings. The molecule has 0 aromatic carbocycles. The van der Waals surface area contributed by atoms with Gasteiger partial charge in [-0.05, 0) is 69.1 Å². The molecule has 5 atom stereocenters. The van der Waals surface area contributed by atoms with Crippen LogP contribution in [0.1, 0.15) is 86.5 Å². The number of alkyl halides is 2. The molecule has 3 amide bonds. The van der Waals surface area contributed by atoms with E-state index in [0.29, 0.717) is 6.42 Å². The van der Waals surface area contributed by atoms with Crippen molar-refractivity contribution >= 4 is 29.5 Å². The molecule has 2 N–H and O–H groups in total. The zero-order chi connectivity index (χ0) is 29.8. The third-order valence-corrected chi connectivity index (χ3v) is 9.18. The molecule has 0 aromatic rings. The van der Waals surface area contributed by atoms with Crippen LogP contribution in [-0.2, 0) is 23.9 Å². The van der Waals surface area contributed by atoms with Gasteiger partial charge in [0.15, 0.2) is 5.78 Å². The molecular formula is C29H43F2N3O6. The van der Waals surface area contributed by atoms with Gasteiger partial charge in [-0.3, -0.25) is 19.2 Å². The number of carbonyl (C=O) groups excluding carboxylic acids is 5. The topological polar surface area (TPSA) is 122 Å². The Kier molecular flexibility index (Phi) is 8.10. The maximum Gasteiger partial charge on any atom is 0.408 e. The van der Waals surface area contributed by atoms with E-state index in [0.717, 1.165) is 12.8 Å². The minimum absolute atomic E-state index is 0.0375. The van der Waals surface area contributed by atoms with Crippen LogP contribution in [-0.4, -0.2) is 70.6 Å². The van der Waals surface area contributed by atoms with Crippen LogP contribution in [0, 0.1) is 29.1 Å². The van der Waals surface area contributed by atoms with E-state index in [1.165, 1.54) is 11.8 Å². The average molecular weight is 568 g/mol. The van der Waals surface area contributed by atoms with Crippen LogP contribution in [0.2, 0.25) is 0 Å². The number of likely N-dealkylation sites (tertiary alicyclic amines) is 1. The number of amides is 3. The Bertz CT molecular complexity index is 1060. The molecule has 1 aliphatic heterocycles. The summed E-state index contributed by atoms with van der Waals surface area (Å²) in [5.74, 6) is -5.53. The Morgan fingerprint density at radius 1 is 1.00 bits per heavy atom. The van der Waals surface area contributed by atoms with Crippen molar-refractivity contribution in [1.29, 1.82) is 0 Å². The number of piperidine rings is 1. The highest BCUT2D eigenvalue weighted by Gasteiger charge is 2.70. The largest absolute Gasteiger partial charge is 0.444 e. The lowest BCUT2D eigenvalue weighted by Crippen LogP contribution is -2.59. The summed E-state index contributed by atoms with van der Waals surface area (Å²) >= 11 is 0. The molecule has 1 heterocycles. The summed E-state index contributed by atoms with van der Waals surface area (Å²) in [4.78, 5) is 66.5. The van der Waals surface area contributed by atoms with E-state index < -0.39 is 77.9 Å². The summed E-state index contributed by atoms with van der Waals surface area (Å²) in [6.45, 7) is 10.5. The van der Waals surface area contributed by atoms with Crippen LogP contribution in [0.4, 0.5) is 13.6 Å². The van der Waals surface area contributed by atoms with Gasteiger partial charge < -0.3 is 20.3 Å². The molecule has 9 nitrogen and oxygen atoms in total. The van der Waals surface area contributed by atoms with Gasteiger partial charge in [0, 0.05) is 26.3 Å². The lowest BCUT2D eigenvalue weighted by molar-refractivity contribution is -0.145. The van der Waals surface area contributed by atoms with Crippen LogP contribution >= 0.6 is 0 Å². The molecule has 4 aliphatic rings. The fraction of sp³-hybridized carbons (Fsp3) is 0.828. The van der Waals surface area contributed by atoms with E-state index in [1.807, 2.05) is 13.8 Å². The lowest BCUT2D eigenvalue weighted by Gasteiger charge is -2.38. The van der Waals surface area contributed by atoms with Gasteiger partial charge in [0.1, 0.15) is 17.7 Å². The second kappa shape index (κ2) is 10.7. The summed E-state index contributed by atoms with van der Waals surface area (Å²) < 4.78 is 33.3. The average Bonchev–Trinajstić information content (AvgIpc) is 3.67. The first-order valence-electron chi connectivity index (χ1n) is 14.4. The van der Waals surface area contributed by atoms with Crippen molar-refractivity contribution in [3.63, 3.8) is 0 Å². The Labute approximate surface area is 234 Å². The third-order valence-electron chi connectivity index (χ3n) is 9.18. The number of hydrogen-bond donors (Lipinski definition) is 2. The number of rotatable bonds is 9. The number of hydrogen-bond acceptors (Lipinski definition) is 6. The van der Waals surface area contributed by atoms with Gasteiger partial charge in [-0.1, -0.05) is 26.7 Å². The van der Waals surface area contributed by atoms with Gasteiger partial charge in [-0.2, -0.15) is 0 Å². The van der Waals surface area contributed by atoms with Crippen molar-refractivity contribution in [2.75, 3.05) is 6.54 Å². The van der Waals surface area contributed by atoms with Crippen molar-refractivity contribution in [3.8, 4) is 0 Å². The first-order chi connectivity index (χ1) is 18.4. The molecule has 224 valence electrons. The molecule has 0 spiro atoms. The van der Waals surface area contributed by atoms with Gasteiger partial charge in [-0.25, -0.2) is 13.6 Å². The first kappa shape index (κ1) is 30.4. The molecule has 1 saturated heterocycles. The third kappa shape index (κ3) is 6.65. The highest BCUT2D eigenvalue weighted by atomic mass is 19.3. The summed E-state index contributed by atoms with van der Waals surface area (Å²) in [5.41, 5.74) is -1.05.